The molecule has 0 amide bonds. The van der Waals surface area contributed by atoms with Crippen molar-refractivity contribution in [1.29, 1.82) is 0 Å². The summed E-state index contributed by atoms with van der Waals surface area (Å²) in [6, 6.07) is 42.5. The standard InChI is InChI=1S/C39H21N3O3S/c1-2-9-22(10-3-1)37-40-38(23-17-18-26-25-12-5-7-16-34(25)46-35(26)19-23)42-39(41-37)27-13-8-15-30-36(27)45-32-20-28-24-11-4-6-14-29(24)43-31(28)21-33(32)44-30/h1-21H. The summed E-state index contributed by atoms with van der Waals surface area (Å²) in [7, 11) is 0. The van der Waals surface area contributed by atoms with Crippen LogP contribution in [0.2, 0.25) is 0 Å². The van der Waals surface area contributed by atoms with E-state index < -0.39 is 0 Å². The topological polar surface area (TPSA) is 70.3 Å². The first-order chi connectivity index (χ1) is 22.7. The number of nitrogens with zero attached hydrogens (tertiary/aromatic N) is 3. The lowest BCUT2D eigenvalue weighted by molar-refractivity contribution is 0.361. The number of hydrogen-bond acceptors (Lipinski definition) is 7. The van der Waals surface area contributed by atoms with E-state index in [1.165, 1.54) is 20.2 Å². The number of benzene rings is 6. The first-order valence-corrected chi connectivity index (χ1v) is 15.7. The maximum atomic E-state index is 6.61. The first kappa shape index (κ1) is 25.3. The molecule has 0 radical (unpaired) electrons. The number of hydrogen-bond donors (Lipinski definition) is 0. The van der Waals surface area contributed by atoms with E-state index in [-0.39, 0.29) is 0 Å². The summed E-state index contributed by atoms with van der Waals surface area (Å²) in [5.41, 5.74) is 4.09. The lowest BCUT2D eigenvalue weighted by Gasteiger charge is -2.22. The Balaban J connectivity index is 1.14. The highest BCUT2D eigenvalue weighted by molar-refractivity contribution is 7.25. The third-order valence-corrected chi connectivity index (χ3v) is 9.53. The highest BCUT2D eigenvalue weighted by Crippen LogP contribution is 2.51. The van der Waals surface area contributed by atoms with Crippen LogP contribution in [0, 0.1) is 0 Å². The van der Waals surface area contributed by atoms with E-state index in [4.69, 9.17) is 28.8 Å². The molecule has 0 saturated carbocycles. The molecule has 0 atom stereocenters. The summed E-state index contributed by atoms with van der Waals surface area (Å²) in [6.45, 7) is 0. The van der Waals surface area contributed by atoms with Gasteiger partial charge in [0.15, 0.2) is 40.5 Å². The normalized spacial score (nSPS) is 12.3. The second kappa shape index (κ2) is 9.72. The zero-order valence-electron chi connectivity index (χ0n) is 24.1. The molecule has 0 bridgehead atoms. The molecule has 216 valence electrons. The Morgan fingerprint density at radius 2 is 1.17 bits per heavy atom. The van der Waals surface area contributed by atoms with Crippen LogP contribution in [-0.2, 0) is 0 Å². The van der Waals surface area contributed by atoms with Gasteiger partial charge < -0.3 is 13.9 Å². The fourth-order valence-electron chi connectivity index (χ4n) is 6.21. The van der Waals surface area contributed by atoms with Crippen molar-refractivity contribution in [3.8, 4) is 57.2 Å². The van der Waals surface area contributed by atoms with Gasteiger partial charge >= 0.3 is 0 Å². The van der Waals surface area contributed by atoms with Gasteiger partial charge in [0, 0.05) is 48.1 Å². The fraction of sp³-hybridized carbons (Fsp3) is 0. The van der Waals surface area contributed by atoms with Gasteiger partial charge in [0.25, 0.3) is 0 Å². The van der Waals surface area contributed by atoms with Crippen LogP contribution in [0.25, 0.3) is 76.3 Å². The zero-order chi connectivity index (χ0) is 30.2. The molecule has 0 unspecified atom stereocenters. The Hall–Kier alpha value is -6.05. The van der Waals surface area contributed by atoms with Crippen LogP contribution in [0.5, 0.6) is 23.0 Å². The molecular weight excluding hydrogens is 591 g/mol. The van der Waals surface area contributed by atoms with Crippen LogP contribution in [0.15, 0.2) is 132 Å². The van der Waals surface area contributed by atoms with Gasteiger partial charge in [-0.3, -0.25) is 0 Å². The molecule has 4 heterocycles. The molecule has 9 aromatic rings. The highest BCUT2D eigenvalue weighted by atomic mass is 32.1. The third-order valence-electron chi connectivity index (χ3n) is 8.40. The van der Waals surface area contributed by atoms with Crippen molar-refractivity contribution in [3.05, 3.63) is 127 Å². The smallest absolute Gasteiger partial charge is 0.181 e. The molecule has 6 aromatic carbocycles. The molecule has 0 saturated heterocycles. The van der Waals surface area contributed by atoms with Crippen LogP contribution in [-0.4, -0.2) is 15.0 Å². The Kier molecular flexibility index (Phi) is 5.35. The zero-order valence-corrected chi connectivity index (χ0v) is 24.9. The molecule has 0 aliphatic carbocycles. The number of para-hydroxylation sites is 2. The van der Waals surface area contributed by atoms with E-state index in [0.717, 1.165) is 33.1 Å². The number of rotatable bonds is 3. The SMILES string of the molecule is c1ccc(-c2nc(-c3ccc4c(c3)sc3ccccc34)nc(-c3cccc4c3Oc3cc5c(cc3O4)oc3ccccc35)n2)cc1. The maximum absolute atomic E-state index is 6.61. The highest BCUT2D eigenvalue weighted by Gasteiger charge is 2.26. The van der Waals surface area contributed by atoms with Gasteiger partial charge in [-0.2, -0.15) is 0 Å². The van der Waals surface area contributed by atoms with E-state index in [0.29, 0.717) is 46.0 Å². The minimum absolute atomic E-state index is 0.499. The minimum Gasteiger partial charge on any atom is -0.456 e. The number of furan rings is 1. The molecular formula is C39H21N3O3S. The summed E-state index contributed by atoms with van der Waals surface area (Å²) >= 11 is 1.77. The average Bonchev–Trinajstić information content (AvgIpc) is 3.67. The monoisotopic (exact) mass is 611 g/mol. The average molecular weight is 612 g/mol. The molecule has 0 fully saturated rings. The first-order valence-electron chi connectivity index (χ1n) is 14.9. The Bertz CT molecular complexity index is 2660. The Morgan fingerprint density at radius 1 is 0.435 bits per heavy atom. The summed E-state index contributed by atoms with van der Waals surface area (Å²) in [5.74, 6) is 4.00. The molecule has 1 aliphatic rings. The molecule has 0 N–H and O–H groups in total. The van der Waals surface area contributed by atoms with Crippen molar-refractivity contribution < 1.29 is 13.9 Å². The van der Waals surface area contributed by atoms with Gasteiger partial charge in [0.1, 0.15) is 11.2 Å². The number of ether oxygens (including phenoxy) is 2. The lowest BCUT2D eigenvalue weighted by atomic mass is 10.1. The predicted molar refractivity (Wildman–Crippen MR) is 183 cm³/mol. The van der Waals surface area contributed by atoms with Crippen molar-refractivity contribution in [2.45, 2.75) is 0 Å². The maximum Gasteiger partial charge on any atom is 0.181 e. The van der Waals surface area contributed by atoms with Gasteiger partial charge in [-0.1, -0.05) is 84.9 Å². The summed E-state index contributed by atoms with van der Waals surface area (Å²) in [5, 5.41) is 4.46. The van der Waals surface area contributed by atoms with Crippen LogP contribution in [0.1, 0.15) is 0 Å². The quantitative estimate of drug-likeness (QED) is 0.198. The third kappa shape index (κ3) is 3.92. The van der Waals surface area contributed by atoms with Gasteiger partial charge in [-0.05, 0) is 36.4 Å². The van der Waals surface area contributed by atoms with Crippen molar-refractivity contribution in [2.75, 3.05) is 0 Å². The number of fused-ring (bicyclic) bond motifs is 8. The van der Waals surface area contributed by atoms with Crippen LogP contribution in [0.3, 0.4) is 0 Å². The van der Waals surface area contributed by atoms with Crippen molar-refractivity contribution in [1.82, 2.24) is 15.0 Å². The van der Waals surface area contributed by atoms with Gasteiger partial charge in [-0.15, -0.1) is 11.3 Å². The van der Waals surface area contributed by atoms with Crippen LogP contribution >= 0.6 is 11.3 Å². The minimum atomic E-state index is 0.499. The van der Waals surface area contributed by atoms with E-state index in [2.05, 4.69) is 42.5 Å². The van der Waals surface area contributed by atoms with Crippen LogP contribution in [0.4, 0.5) is 0 Å². The predicted octanol–water partition coefficient (Wildman–Crippen LogP) is 11.0. The summed E-state index contributed by atoms with van der Waals surface area (Å²) in [6.07, 6.45) is 0. The van der Waals surface area contributed by atoms with Gasteiger partial charge in [0.05, 0.1) is 5.56 Å². The van der Waals surface area contributed by atoms with Crippen molar-refractivity contribution >= 4 is 53.4 Å². The summed E-state index contributed by atoms with van der Waals surface area (Å²) in [4.78, 5) is 15.0. The molecule has 46 heavy (non-hydrogen) atoms. The molecule has 3 aromatic heterocycles. The molecule has 0 spiro atoms. The molecule has 1 aliphatic heterocycles. The largest absolute Gasteiger partial charge is 0.456 e. The fourth-order valence-corrected chi connectivity index (χ4v) is 7.35. The second-order valence-electron chi connectivity index (χ2n) is 11.2. The van der Waals surface area contributed by atoms with E-state index in [1.807, 2.05) is 84.9 Å². The van der Waals surface area contributed by atoms with E-state index in [9.17, 15) is 0 Å². The second-order valence-corrected chi connectivity index (χ2v) is 12.3. The Morgan fingerprint density at radius 3 is 2.09 bits per heavy atom. The number of aromatic nitrogens is 3. The molecule has 10 rings (SSSR count). The molecule has 7 heteroatoms. The van der Waals surface area contributed by atoms with Crippen molar-refractivity contribution in [3.63, 3.8) is 0 Å². The Labute approximate surface area is 266 Å². The molecule has 6 nitrogen and oxygen atoms in total. The lowest BCUT2D eigenvalue weighted by Crippen LogP contribution is -2.04. The van der Waals surface area contributed by atoms with Gasteiger partial charge in [0.2, 0.25) is 0 Å². The summed E-state index contributed by atoms with van der Waals surface area (Å²) < 4.78 is 21.5. The van der Waals surface area contributed by atoms with E-state index >= 15 is 0 Å². The number of thiophene rings is 1. The van der Waals surface area contributed by atoms with E-state index in [1.54, 1.807) is 11.3 Å². The van der Waals surface area contributed by atoms with Crippen molar-refractivity contribution in [2.24, 2.45) is 0 Å². The van der Waals surface area contributed by atoms with Crippen LogP contribution < -0.4 is 9.47 Å². The van der Waals surface area contributed by atoms with Gasteiger partial charge in [-0.25, -0.2) is 15.0 Å².